The average Bonchev–Trinajstić information content (AvgIpc) is 2.86. The molecule has 1 saturated carbocycles. The summed E-state index contributed by atoms with van der Waals surface area (Å²) in [5.74, 6) is -0.913. The van der Waals surface area contributed by atoms with Gasteiger partial charge in [-0.05, 0) is 19.8 Å². The van der Waals surface area contributed by atoms with E-state index < -0.39 is 5.97 Å². The third-order valence-corrected chi connectivity index (χ3v) is 2.37. The van der Waals surface area contributed by atoms with Crippen LogP contribution in [0.3, 0.4) is 0 Å². The van der Waals surface area contributed by atoms with Crippen molar-refractivity contribution in [2.45, 2.75) is 32.4 Å². The van der Waals surface area contributed by atoms with Gasteiger partial charge in [-0.25, -0.2) is 4.79 Å². The highest BCUT2D eigenvalue weighted by Crippen LogP contribution is 2.20. The lowest BCUT2D eigenvalue weighted by molar-refractivity contribution is 0.0695. The number of carboxylic acid groups (broad SMARTS) is 1. The number of rotatable bonds is 4. The second kappa shape index (κ2) is 3.42. The first-order chi connectivity index (χ1) is 6.68. The fourth-order valence-electron chi connectivity index (χ4n) is 1.42. The summed E-state index contributed by atoms with van der Waals surface area (Å²) in [5, 5.41) is 18.8. The van der Waals surface area contributed by atoms with Gasteiger partial charge in [0, 0.05) is 18.3 Å². The molecular weight excluding hydrogens is 182 g/mol. The highest BCUT2D eigenvalue weighted by Gasteiger charge is 2.23. The van der Waals surface area contributed by atoms with Crippen LogP contribution in [0.4, 0.5) is 0 Å². The zero-order chi connectivity index (χ0) is 10.1. The van der Waals surface area contributed by atoms with E-state index in [4.69, 9.17) is 5.11 Å². The Balaban J connectivity index is 2.10. The van der Waals surface area contributed by atoms with Crippen LogP contribution < -0.4 is 5.32 Å². The third kappa shape index (κ3) is 1.77. The monoisotopic (exact) mass is 195 g/mol. The minimum atomic E-state index is -0.913. The number of H-pyrrole nitrogens is 1. The molecule has 0 aliphatic heterocycles. The van der Waals surface area contributed by atoms with E-state index in [1.54, 1.807) is 6.92 Å². The van der Waals surface area contributed by atoms with Crippen LogP contribution in [0.1, 0.15) is 34.6 Å². The largest absolute Gasteiger partial charge is 0.478 e. The summed E-state index contributed by atoms with van der Waals surface area (Å²) >= 11 is 0. The van der Waals surface area contributed by atoms with E-state index in [1.807, 2.05) is 0 Å². The number of aryl methyl sites for hydroxylation is 1. The predicted molar refractivity (Wildman–Crippen MR) is 50.1 cm³/mol. The van der Waals surface area contributed by atoms with Crippen molar-refractivity contribution in [3.8, 4) is 0 Å². The molecule has 1 heterocycles. The molecule has 1 aliphatic carbocycles. The van der Waals surface area contributed by atoms with Gasteiger partial charge < -0.3 is 10.4 Å². The van der Waals surface area contributed by atoms with Crippen LogP contribution in [0.25, 0.3) is 0 Å². The van der Waals surface area contributed by atoms with E-state index in [-0.39, 0.29) is 0 Å². The lowest BCUT2D eigenvalue weighted by Gasteiger charge is -2.00. The van der Waals surface area contributed by atoms with E-state index in [1.165, 1.54) is 12.8 Å². The quantitative estimate of drug-likeness (QED) is 0.659. The van der Waals surface area contributed by atoms with Gasteiger partial charge in [0.15, 0.2) is 0 Å². The van der Waals surface area contributed by atoms with E-state index in [0.717, 1.165) is 0 Å². The number of nitrogens with one attached hydrogen (secondary N) is 2. The zero-order valence-corrected chi connectivity index (χ0v) is 8.00. The van der Waals surface area contributed by atoms with Crippen LogP contribution >= 0.6 is 0 Å². The number of aromatic amines is 1. The molecule has 14 heavy (non-hydrogen) atoms. The molecule has 0 unspecified atom stereocenters. The van der Waals surface area contributed by atoms with E-state index in [9.17, 15) is 4.79 Å². The molecule has 3 N–H and O–H groups in total. The number of carbonyl (C=O) groups is 1. The molecule has 1 aliphatic rings. The maximum Gasteiger partial charge on any atom is 0.339 e. The van der Waals surface area contributed by atoms with Gasteiger partial charge in [-0.3, -0.25) is 5.10 Å². The minimum absolute atomic E-state index is 0.304. The highest BCUT2D eigenvalue weighted by atomic mass is 16.4. The predicted octanol–water partition coefficient (Wildman–Crippen LogP) is 0.668. The molecule has 1 fully saturated rings. The molecule has 0 bridgehead atoms. The fourth-order valence-corrected chi connectivity index (χ4v) is 1.42. The van der Waals surface area contributed by atoms with E-state index >= 15 is 0 Å². The van der Waals surface area contributed by atoms with Gasteiger partial charge >= 0.3 is 5.97 Å². The highest BCUT2D eigenvalue weighted by molar-refractivity contribution is 5.90. The Labute approximate surface area is 81.5 Å². The number of aromatic nitrogens is 2. The topological polar surface area (TPSA) is 78.0 Å². The standard InChI is InChI=1S/C9H13N3O2/c1-5-8(9(13)14)7(12-11-5)4-10-6-2-3-6/h6,10H,2-4H2,1H3,(H,11,12)(H,13,14). The van der Waals surface area contributed by atoms with Crippen LogP contribution in [-0.2, 0) is 6.54 Å². The molecular formula is C9H13N3O2. The van der Waals surface area contributed by atoms with Gasteiger partial charge in [-0.15, -0.1) is 0 Å². The number of carboxylic acids is 1. The molecule has 0 aromatic carbocycles. The molecule has 2 rings (SSSR count). The van der Waals surface area contributed by atoms with Crippen LogP contribution in [0.5, 0.6) is 0 Å². The number of hydrogen-bond donors (Lipinski definition) is 3. The molecule has 1 aromatic heterocycles. The maximum atomic E-state index is 10.9. The summed E-state index contributed by atoms with van der Waals surface area (Å²) < 4.78 is 0. The van der Waals surface area contributed by atoms with Crippen molar-refractivity contribution < 1.29 is 9.90 Å². The smallest absolute Gasteiger partial charge is 0.339 e. The molecule has 0 spiro atoms. The van der Waals surface area contributed by atoms with Gasteiger partial charge in [0.05, 0.1) is 5.69 Å². The normalized spacial score (nSPS) is 15.8. The summed E-state index contributed by atoms with van der Waals surface area (Å²) in [7, 11) is 0. The second-order valence-corrected chi connectivity index (χ2v) is 3.63. The summed E-state index contributed by atoms with van der Waals surface area (Å²) in [5.41, 5.74) is 1.52. The number of aromatic carboxylic acids is 1. The van der Waals surface area contributed by atoms with E-state index in [2.05, 4.69) is 15.5 Å². The van der Waals surface area contributed by atoms with Crippen LogP contribution in [0.2, 0.25) is 0 Å². The molecule has 76 valence electrons. The Kier molecular flexibility index (Phi) is 2.25. The van der Waals surface area contributed by atoms with Crippen LogP contribution in [0, 0.1) is 6.92 Å². The van der Waals surface area contributed by atoms with Gasteiger partial charge in [0.1, 0.15) is 5.56 Å². The number of nitrogens with zero attached hydrogens (tertiary/aromatic N) is 1. The average molecular weight is 195 g/mol. The first kappa shape index (κ1) is 9.21. The van der Waals surface area contributed by atoms with Crippen LogP contribution in [-0.4, -0.2) is 27.3 Å². The SMILES string of the molecule is Cc1[nH]nc(CNC2CC2)c1C(=O)O. The van der Waals surface area contributed by atoms with Gasteiger partial charge in [0.2, 0.25) is 0 Å². The molecule has 0 amide bonds. The Morgan fingerprint density at radius 1 is 1.71 bits per heavy atom. The summed E-state index contributed by atoms with van der Waals surface area (Å²) in [6, 6.07) is 0.564. The first-order valence-electron chi connectivity index (χ1n) is 4.69. The lowest BCUT2D eigenvalue weighted by Crippen LogP contribution is -2.17. The van der Waals surface area contributed by atoms with Crippen molar-refractivity contribution in [2.24, 2.45) is 0 Å². The third-order valence-electron chi connectivity index (χ3n) is 2.37. The molecule has 5 nitrogen and oxygen atoms in total. The van der Waals surface area contributed by atoms with Crippen molar-refractivity contribution in [2.75, 3.05) is 0 Å². The molecule has 0 atom stereocenters. The number of hydrogen-bond acceptors (Lipinski definition) is 3. The van der Waals surface area contributed by atoms with Gasteiger partial charge in [-0.2, -0.15) is 5.10 Å². The Morgan fingerprint density at radius 3 is 3.00 bits per heavy atom. The van der Waals surface area contributed by atoms with Crippen molar-refractivity contribution >= 4 is 5.97 Å². The maximum absolute atomic E-state index is 10.9. The summed E-state index contributed by atoms with van der Waals surface area (Å²) in [6.07, 6.45) is 2.37. The van der Waals surface area contributed by atoms with Crippen molar-refractivity contribution in [3.05, 3.63) is 17.0 Å². The molecule has 0 saturated heterocycles. The minimum Gasteiger partial charge on any atom is -0.478 e. The molecule has 0 radical (unpaired) electrons. The second-order valence-electron chi connectivity index (χ2n) is 3.63. The van der Waals surface area contributed by atoms with E-state index in [0.29, 0.717) is 29.5 Å². The van der Waals surface area contributed by atoms with Gasteiger partial charge in [-0.1, -0.05) is 0 Å². The van der Waals surface area contributed by atoms with Crippen molar-refractivity contribution in [1.29, 1.82) is 0 Å². The van der Waals surface area contributed by atoms with Crippen molar-refractivity contribution in [1.82, 2.24) is 15.5 Å². The summed E-state index contributed by atoms with van der Waals surface area (Å²) in [6.45, 7) is 2.26. The Hall–Kier alpha value is -1.36. The zero-order valence-electron chi connectivity index (χ0n) is 8.00. The van der Waals surface area contributed by atoms with Crippen LogP contribution in [0.15, 0.2) is 0 Å². The van der Waals surface area contributed by atoms with Crippen molar-refractivity contribution in [3.63, 3.8) is 0 Å². The lowest BCUT2D eigenvalue weighted by atomic mass is 10.2. The fraction of sp³-hybridized carbons (Fsp3) is 0.556. The molecule has 5 heteroatoms. The molecule has 1 aromatic rings. The first-order valence-corrected chi connectivity index (χ1v) is 4.69. The van der Waals surface area contributed by atoms with Gasteiger partial charge in [0.25, 0.3) is 0 Å². The Morgan fingerprint density at radius 2 is 2.43 bits per heavy atom. The summed E-state index contributed by atoms with van der Waals surface area (Å²) in [4.78, 5) is 10.9. The Bertz CT molecular complexity index is 355.